The number of anilines is 1. The zero-order valence-corrected chi connectivity index (χ0v) is 16.4. The van der Waals surface area contributed by atoms with Crippen molar-refractivity contribution in [2.45, 2.75) is 33.2 Å². The maximum absolute atomic E-state index is 13.2. The van der Waals surface area contributed by atoms with E-state index in [0.29, 0.717) is 35.3 Å². The summed E-state index contributed by atoms with van der Waals surface area (Å²) in [4.78, 5) is 13.2. The number of carbonyl (C=O) groups excluding carboxylic acids is 1. The molecule has 4 rings (SSSR count). The summed E-state index contributed by atoms with van der Waals surface area (Å²) in [6.45, 7) is 11.0. The molecular formula is C23H24N2O3. The van der Waals surface area contributed by atoms with Gasteiger partial charge in [0.1, 0.15) is 5.69 Å². The molecule has 0 aliphatic carbocycles. The molecule has 144 valence electrons. The SMILES string of the molecule is C=CCn1c(C(=O)Nc2ccc3c(c2)OCO3)c(C)c2cc(C(C)C)ccc21. The standard InChI is InChI=1S/C23H24N2O3/c1-5-10-25-19-8-6-16(14(2)3)11-18(19)15(4)22(25)23(26)24-17-7-9-20-21(12-17)28-13-27-20/h5-9,11-12,14H,1,10,13H2,2-4H3,(H,24,26). The third-order valence-corrected chi connectivity index (χ3v) is 5.16. The second kappa shape index (κ2) is 7.08. The van der Waals surface area contributed by atoms with Crippen LogP contribution in [-0.2, 0) is 6.54 Å². The fourth-order valence-electron chi connectivity index (χ4n) is 3.68. The number of fused-ring (bicyclic) bond motifs is 2. The molecule has 0 unspecified atom stereocenters. The van der Waals surface area contributed by atoms with Gasteiger partial charge in [-0.1, -0.05) is 26.0 Å². The highest BCUT2D eigenvalue weighted by Gasteiger charge is 2.21. The van der Waals surface area contributed by atoms with E-state index in [9.17, 15) is 4.79 Å². The zero-order valence-electron chi connectivity index (χ0n) is 16.4. The fourth-order valence-corrected chi connectivity index (χ4v) is 3.68. The van der Waals surface area contributed by atoms with Gasteiger partial charge in [-0.05, 0) is 48.2 Å². The van der Waals surface area contributed by atoms with Crippen LogP contribution < -0.4 is 14.8 Å². The number of aryl methyl sites for hydroxylation is 1. The lowest BCUT2D eigenvalue weighted by atomic mass is 10.0. The van der Waals surface area contributed by atoms with Gasteiger partial charge in [0, 0.05) is 29.2 Å². The summed E-state index contributed by atoms with van der Waals surface area (Å²) < 4.78 is 12.8. The lowest BCUT2D eigenvalue weighted by Gasteiger charge is -2.11. The molecule has 0 fully saturated rings. The lowest BCUT2D eigenvalue weighted by Crippen LogP contribution is -2.18. The van der Waals surface area contributed by atoms with Crippen molar-refractivity contribution in [3.05, 3.63) is 65.9 Å². The van der Waals surface area contributed by atoms with Crippen LogP contribution in [0.4, 0.5) is 5.69 Å². The molecule has 0 saturated carbocycles. The van der Waals surface area contributed by atoms with E-state index in [2.05, 4.69) is 43.9 Å². The number of amides is 1. The van der Waals surface area contributed by atoms with Gasteiger partial charge in [0.2, 0.25) is 6.79 Å². The van der Waals surface area contributed by atoms with Gasteiger partial charge in [-0.2, -0.15) is 0 Å². The van der Waals surface area contributed by atoms with Crippen LogP contribution >= 0.6 is 0 Å². The average molecular weight is 376 g/mol. The fraction of sp³-hybridized carbons (Fsp3) is 0.261. The van der Waals surface area contributed by atoms with Crippen molar-refractivity contribution in [1.29, 1.82) is 0 Å². The number of hydrogen-bond donors (Lipinski definition) is 1. The minimum absolute atomic E-state index is 0.152. The Kier molecular flexibility index (Phi) is 4.59. The Bertz CT molecular complexity index is 1080. The number of ether oxygens (including phenoxy) is 2. The maximum Gasteiger partial charge on any atom is 0.272 e. The molecule has 3 aromatic rings. The largest absolute Gasteiger partial charge is 0.454 e. The lowest BCUT2D eigenvalue weighted by molar-refractivity contribution is 0.101. The van der Waals surface area contributed by atoms with Crippen LogP contribution in [0.25, 0.3) is 10.9 Å². The molecule has 2 aromatic carbocycles. The molecule has 5 heteroatoms. The minimum Gasteiger partial charge on any atom is -0.454 e. The Morgan fingerprint density at radius 3 is 2.75 bits per heavy atom. The van der Waals surface area contributed by atoms with E-state index in [4.69, 9.17) is 9.47 Å². The molecule has 0 bridgehead atoms. The molecule has 1 aliphatic rings. The van der Waals surface area contributed by atoms with Crippen molar-refractivity contribution < 1.29 is 14.3 Å². The summed E-state index contributed by atoms with van der Waals surface area (Å²) in [5.74, 6) is 1.61. The second-order valence-electron chi connectivity index (χ2n) is 7.33. The van der Waals surface area contributed by atoms with Crippen molar-refractivity contribution in [3.8, 4) is 11.5 Å². The molecule has 0 radical (unpaired) electrons. The van der Waals surface area contributed by atoms with Crippen molar-refractivity contribution in [2.24, 2.45) is 0 Å². The number of allylic oxidation sites excluding steroid dienone is 1. The van der Waals surface area contributed by atoms with Gasteiger partial charge in [-0.25, -0.2) is 0 Å². The van der Waals surface area contributed by atoms with Crippen LogP contribution in [0, 0.1) is 6.92 Å². The molecule has 2 heterocycles. The molecule has 28 heavy (non-hydrogen) atoms. The third kappa shape index (κ3) is 3.03. The quantitative estimate of drug-likeness (QED) is 0.620. The second-order valence-corrected chi connectivity index (χ2v) is 7.33. The third-order valence-electron chi connectivity index (χ3n) is 5.16. The molecule has 1 aromatic heterocycles. The first-order valence-electron chi connectivity index (χ1n) is 9.44. The summed E-state index contributed by atoms with van der Waals surface area (Å²) in [7, 11) is 0. The van der Waals surface area contributed by atoms with E-state index in [-0.39, 0.29) is 12.7 Å². The minimum atomic E-state index is -0.152. The van der Waals surface area contributed by atoms with E-state index in [1.165, 1.54) is 5.56 Å². The highest BCUT2D eigenvalue weighted by Crippen LogP contribution is 2.35. The normalized spacial score (nSPS) is 12.6. The van der Waals surface area contributed by atoms with Gasteiger partial charge >= 0.3 is 0 Å². The van der Waals surface area contributed by atoms with E-state index >= 15 is 0 Å². The first-order chi connectivity index (χ1) is 13.5. The Balaban J connectivity index is 1.75. The van der Waals surface area contributed by atoms with Crippen molar-refractivity contribution in [3.63, 3.8) is 0 Å². The summed E-state index contributed by atoms with van der Waals surface area (Å²) in [6.07, 6.45) is 1.81. The zero-order chi connectivity index (χ0) is 19.8. The van der Waals surface area contributed by atoms with Crippen LogP contribution in [0.15, 0.2) is 49.1 Å². The predicted octanol–water partition coefficient (Wildman–Crippen LogP) is 5.24. The van der Waals surface area contributed by atoms with E-state index in [1.807, 2.05) is 23.6 Å². The Labute approximate surface area is 164 Å². The van der Waals surface area contributed by atoms with Crippen LogP contribution in [0.2, 0.25) is 0 Å². The summed E-state index contributed by atoms with van der Waals surface area (Å²) in [5.41, 5.74) is 4.59. The van der Waals surface area contributed by atoms with Crippen molar-refractivity contribution in [1.82, 2.24) is 4.57 Å². The van der Waals surface area contributed by atoms with Gasteiger partial charge in [0.05, 0.1) is 0 Å². The van der Waals surface area contributed by atoms with Crippen molar-refractivity contribution in [2.75, 3.05) is 12.1 Å². The number of rotatable bonds is 5. The Morgan fingerprint density at radius 1 is 1.21 bits per heavy atom. The van der Waals surface area contributed by atoms with E-state index in [1.54, 1.807) is 12.1 Å². The summed E-state index contributed by atoms with van der Waals surface area (Å²) >= 11 is 0. The highest BCUT2D eigenvalue weighted by molar-refractivity contribution is 6.08. The number of hydrogen-bond acceptors (Lipinski definition) is 3. The Morgan fingerprint density at radius 2 is 2.00 bits per heavy atom. The highest BCUT2D eigenvalue weighted by atomic mass is 16.7. The Hall–Kier alpha value is -3.21. The molecule has 0 atom stereocenters. The van der Waals surface area contributed by atoms with Gasteiger partial charge in [-0.3, -0.25) is 4.79 Å². The monoisotopic (exact) mass is 376 g/mol. The maximum atomic E-state index is 13.2. The molecule has 0 spiro atoms. The molecule has 0 saturated heterocycles. The van der Waals surface area contributed by atoms with Gasteiger partial charge in [0.25, 0.3) is 5.91 Å². The van der Waals surface area contributed by atoms with Crippen LogP contribution in [0.1, 0.15) is 41.4 Å². The van der Waals surface area contributed by atoms with Crippen LogP contribution in [0.5, 0.6) is 11.5 Å². The molecule has 1 aliphatic heterocycles. The van der Waals surface area contributed by atoms with Crippen LogP contribution in [0.3, 0.4) is 0 Å². The van der Waals surface area contributed by atoms with Crippen molar-refractivity contribution >= 4 is 22.5 Å². The molecular weight excluding hydrogens is 352 g/mol. The van der Waals surface area contributed by atoms with E-state index < -0.39 is 0 Å². The smallest absolute Gasteiger partial charge is 0.272 e. The first-order valence-corrected chi connectivity index (χ1v) is 9.44. The number of carbonyl (C=O) groups is 1. The molecule has 1 amide bonds. The molecule has 1 N–H and O–H groups in total. The van der Waals surface area contributed by atoms with Gasteiger partial charge < -0.3 is 19.4 Å². The number of aromatic nitrogens is 1. The van der Waals surface area contributed by atoms with Gasteiger partial charge in [-0.15, -0.1) is 6.58 Å². The van der Waals surface area contributed by atoms with Crippen LogP contribution in [-0.4, -0.2) is 17.3 Å². The number of benzene rings is 2. The number of nitrogens with zero attached hydrogens (tertiary/aromatic N) is 1. The topological polar surface area (TPSA) is 52.5 Å². The molecule has 5 nitrogen and oxygen atoms in total. The summed E-state index contributed by atoms with van der Waals surface area (Å²) in [6, 6.07) is 11.8. The van der Waals surface area contributed by atoms with E-state index in [0.717, 1.165) is 16.5 Å². The predicted molar refractivity (Wildman–Crippen MR) is 111 cm³/mol. The first kappa shape index (κ1) is 18.2. The average Bonchev–Trinajstić information content (AvgIpc) is 3.24. The summed E-state index contributed by atoms with van der Waals surface area (Å²) in [5, 5.41) is 4.10. The number of nitrogens with one attached hydrogen (secondary N) is 1. The van der Waals surface area contributed by atoms with Gasteiger partial charge in [0.15, 0.2) is 11.5 Å².